The Morgan fingerprint density at radius 1 is 1.40 bits per heavy atom. The minimum Gasteiger partial charge on any atom is -0.495 e. The van der Waals surface area contributed by atoms with E-state index in [-0.39, 0.29) is 11.6 Å². The smallest absolute Gasteiger partial charge is 0.237 e. The summed E-state index contributed by atoms with van der Waals surface area (Å²) in [5.41, 5.74) is 3.27. The van der Waals surface area contributed by atoms with E-state index in [1.54, 1.807) is 37.3 Å². The molecule has 0 heterocycles. The molecule has 0 radical (unpaired) electrons. The van der Waals surface area contributed by atoms with Crippen molar-refractivity contribution < 1.29 is 9.53 Å². The van der Waals surface area contributed by atoms with Gasteiger partial charge >= 0.3 is 0 Å². The molecule has 0 unspecified atom stereocenters. The number of hydrogen-bond donors (Lipinski definition) is 2. The molecule has 0 aliphatic rings. The first-order valence-corrected chi connectivity index (χ1v) is 5.76. The highest BCUT2D eigenvalue weighted by molar-refractivity contribution is 6.10. The average Bonchev–Trinajstić information content (AvgIpc) is 2.48. The van der Waals surface area contributed by atoms with Gasteiger partial charge in [0.2, 0.25) is 11.6 Å². The number of methoxy groups -OCH3 is 1. The fraction of sp³-hybridized carbons (Fsp3) is 0.231. The normalized spacial score (nSPS) is 8.80. The van der Waals surface area contributed by atoms with Gasteiger partial charge in [-0.05, 0) is 18.2 Å². The lowest BCUT2D eigenvalue weighted by Gasteiger charge is -2.11. The van der Waals surface area contributed by atoms with Gasteiger partial charge in [0.1, 0.15) is 17.9 Å². The van der Waals surface area contributed by atoms with Gasteiger partial charge in [0.05, 0.1) is 18.5 Å². The molecule has 0 saturated heterocycles. The summed E-state index contributed by atoms with van der Waals surface area (Å²) in [5.74, 6) is 0.348. The van der Waals surface area contributed by atoms with E-state index in [0.717, 1.165) is 0 Å². The van der Waals surface area contributed by atoms with Crippen molar-refractivity contribution in [3.8, 4) is 17.9 Å². The Morgan fingerprint density at radius 2 is 2.10 bits per heavy atom. The van der Waals surface area contributed by atoms with Gasteiger partial charge in [-0.25, -0.2) is 0 Å². The van der Waals surface area contributed by atoms with Crippen molar-refractivity contribution in [1.82, 2.24) is 0 Å². The van der Waals surface area contributed by atoms with Gasteiger partial charge in [0.25, 0.3) is 0 Å². The Bertz CT molecular complexity index is 594. The van der Waals surface area contributed by atoms with E-state index in [1.807, 2.05) is 0 Å². The van der Waals surface area contributed by atoms with Crippen LogP contribution in [0.5, 0.6) is 5.75 Å². The van der Waals surface area contributed by atoms with Crippen molar-refractivity contribution >= 4 is 23.0 Å². The van der Waals surface area contributed by atoms with Crippen molar-refractivity contribution in [3.05, 3.63) is 18.2 Å². The van der Waals surface area contributed by atoms with E-state index in [9.17, 15) is 4.79 Å². The summed E-state index contributed by atoms with van der Waals surface area (Å²) in [6.07, 6.45) is 0.339. The molecule has 0 spiro atoms. The lowest BCUT2D eigenvalue weighted by Crippen LogP contribution is -2.10. The summed E-state index contributed by atoms with van der Waals surface area (Å²) >= 11 is 0. The highest BCUT2D eigenvalue weighted by Crippen LogP contribution is 2.27. The maximum absolute atomic E-state index is 11.4. The van der Waals surface area contributed by atoms with Gasteiger partial charge in [-0.1, -0.05) is 6.92 Å². The molecule has 2 N–H and O–H groups in total. The van der Waals surface area contributed by atoms with Crippen LogP contribution in [0.3, 0.4) is 0 Å². The lowest BCUT2D eigenvalue weighted by atomic mass is 10.2. The summed E-state index contributed by atoms with van der Waals surface area (Å²) < 4.78 is 5.13. The number of anilines is 2. The van der Waals surface area contributed by atoms with Crippen LogP contribution in [0.1, 0.15) is 13.3 Å². The van der Waals surface area contributed by atoms with E-state index in [0.29, 0.717) is 23.5 Å². The number of nitrogens with one attached hydrogen (secondary N) is 2. The molecule has 102 valence electrons. The molecule has 1 aromatic rings. The predicted molar refractivity (Wildman–Crippen MR) is 74.2 cm³/mol. The molecular weight excluding hydrogens is 258 g/mol. The largest absolute Gasteiger partial charge is 0.495 e. The third kappa shape index (κ3) is 4.00. The number of carbonyl (C=O) groups is 1. The second-order valence-corrected chi connectivity index (χ2v) is 3.61. The van der Waals surface area contributed by atoms with E-state index >= 15 is 0 Å². The zero-order valence-electron chi connectivity index (χ0n) is 11.1. The summed E-state index contributed by atoms with van der Waals surface area (Å²) in [6, 6.07) is 8.15. The minimum absolute atomic E-state index is 0.154. The van der Waals surface area contributed by atoms with Crippen LogP contribution in [0, 0.1) is 22.7 Å². The Balaban J connectivity index is 2.99. The van der Waals surface area contributed by atoms with Crippen LogP contribution < -0.4 is 15.5 Å². The van der Waals surface area contributed by atoms with Crippen LogP contribution in [0.25, 0.3) is 0 Å². The third-order valence-electron chi connectivity index (χ3n) is 2.30. The molecular formula is C13H13N5O2. The average molecular weight is 271 g/mol. The molecule has 20 heavy (non-hydrogen) atoms. The first-order valence-electron chi connectivity index (χ1n) is 5.76. The predicted octanol–water partition coefficient (Wildman–Crippen LogP) is 1.86. The highest BCUT2D eigenvalue weighted by atomic mass is 16.5. The molecule has 0 bridgehead atoms. The lowest BCUT2D eigenvalue weighted by molar-refractivity contribution is -0.115. The molecule has 0 fully saturated rings. The van der Waals surface area contributed by atoms with Gasteiger partial charge < -0.3 is 10.1 Å². The van der Waals surface area contributed by atoms with Crippen molar-refractivity contribution in [3.63, 3.8) is 0 Å². The molecule has 1 amide bonds. The standard InChI is InChI=1S/C13H13N5O2/c1-3-13(19)16-11-6-9(4-5-12(11)20-2)17-18-10(7-14)8-15/h4-6,17H,3H2,1-2H3,(H,16,19). The van der Waals surface area contributed by atoms with Gasteiger partial charge in [-0.15, -0.1) is 0 Å². The third-order valence-corrected chi connectivity index (χ3v) is 2.30. The van der Waals surface area contributed by atoms with E-state index < -0.39 is 0 Å². The van der Waals surface area contributed by atoms with E-state index in [2.05, 4.69) is 15.8 Å². The van der Waals surface area contributed by atoms with E-state index in [4.69, 9.17) is 15.3 Å². The molecule has 0 saturated carbocycles. The first kappa shape index (κ1) is 15.0. The number of rotatable bonds is 5. The second kappa shape index (κ2) is 7.39. The second-order valence-electron chi connectivity index (χ2n) is 3.61. The zero-order valence-corrected chi connectivity index (χ0v) is 11.1. The van der Waals surface area contributed by atoms with Gasteiger partial charge in [-0.3, -0.25) is 10.2 Å². The van der Waals surface area contributed by atoms with E-state index in [1.165, 1.54) is 7.11 Å². The molecule has 0 aliphatic heterocycles. The van der Waals surface area contributed by atoms with Crippen molar-refractivity contribution in [1.29, 1.82) is 10.5 Å². The van der Waals surface area contributed by atoms with Gasteiger partial charge in [0, 0.05) is 6.42 Å². The quantitative estimate of drug-likeness (QED) is 0.627. The van der Waals surface area contributed by atoms with Crippen molar-refractivity contribution in [2.24, 2.45) is 5.10 Å². The maximum Gasteiger partial charge on any atom is 0.237 e. The number of amides is 1. The minimum atomic E-state index is -0.292. The Hall–Kier alpha value is -3.06. The Kier molecular flexibility index (Phi) is 5.54. The first-order chi connectivity index (χ1) is 9.64. The number of hydrogen-bond acceptors (Lipinski definition) is 6. The van der Waals surface area contributed by atoms with Crippen LogP contribution in [0.2, 0.25) is 0 Å². The molecule has 0 aliphatic carbocycles. The molecule has 1 rings (SSSR count). The molecule has 0 aromatic heterocycles. The van der Waals surface area contributed by atoms with Crippen molar-refractivity contribution in [2.45, 2.75) is 13.3 Å². The summed E-state index contributed by atoms with van der Waals surface area (Å²) in [5, 5.41) is 23.4. The number of benzene rings is 1. The molecule has 1 aromatic carbocycles. The summed E-state index contributed by atoms with van der Waals surface area (Å²) in [7, 11) is 1.49. The molecule has 7 heteroatoms. The van der Waals surface area contributed by atoms with Gasteiger partial charge in [-0.2, -0.15) is 15.6 Å². The topological polar surface area (TPSA) is 110 Å². The van der Waals surface area contributed by atoms with Crippen molar-refractivity contribution in [2.75, 3.05) is 17.9 Å². The fourth-order valence-corrected chi connectivity index (χ4v) is 1.31. The monoisotopic (exact) mass is 271 g/mol. The zero-order chi connectivity index (χ0) is 15.0. The number of carbonyl (C=O) groups excluding carboxylic acids is 1. The number of nitrogens with zero attached hydrogens (tertiary/aromatic N) is 3. The van der Waals surface area contributed by atoms with Crippen LogP contribution >= 0.6 is 0 Å². The van der Waals surface area contributed by atoms with Crippen LogP contribution in [-0.4, -0.2) is 18.7 Å². The molecule has 0 atom stereocenters. The maximum atomic E-state index is 11.4. The molecule has 7 nitrogen and oxygen atoms in total. The highest BCUT2D eigenvalue weighted by Gasteiger charge is 2.07. The Labute approximate surface area is 116 Å². The number of ether oxygens (including phenoxy) is 1. The van der Waals surface area contributed by atoms with Crippen LogP contribution in [0.4, 0.5) is 11.4 Å². The summed E-state index contributed by atoms with van der Waals surface area (Å²) in [4.78, 5) is 11.4. The van der Waals surface area contributed by atoms with Gasteiger partial charge in [0.15, 0.2) is 0 Å². The summed E-state index contributed by atoms with van der Waals surface area (Å²) in [6.45, 7) is 1.74. The fourth-order valence-electron chi connectivity index (χ4n) is 1.31. The number of nitriles is 2. The number of hydrazone groups is 1. The SMILES string of the molecule is CCC(=O)Nc1cc(NN=C(C#N)C#N)ccc1OC. The van der Waals surface area contributed by atoms with Crippen LogP contribution in [0.15, 0.2) is 23.3 Å². The Morgan fingerprint density at radius 3 is 2.65 bits per heavy atom. The van der Waals surface area contributed by atoms with Crippen LogP contribution in [-0.2, 0) is 4.79 Å².